The van der Waals surface area contributed by atoms with E-state index in [1.165, 1.54) is 0 Å². The lowest BCUT2D eigenvalue weighted by Gasteiger charge is -2.32. The van der Waals surface area contributed by atoms with Crippen molar-refractivity contribution in [1.29, 1.82) is 0 Å². The van der Waals surface area contributed by atoms with Crippen LogP contribution >= 0.6 is 11.8 Å². The van der Waals surface area contributed by atoms with Crippen molar-refractivity contribution in [2.75, 3.05) is 24.3 Å². The molecule has 0 saturated heterocycles. The van der Waals surface area contributed by atoms with Gasteiger partial charge in [-0.25, -0.2) is 4.68 Å². The maximum atomic E-state index is 13.0. The molecule has 166 valence electrons. The topological polar surface area (TPSA) is 78.3 Å². The summed E-state index contributed by atoms with van der Waals surface area (Å²) < 4.78 is 13.4. The molecule has 0 saturated carbocycles. The van der Waals surface area contributed by atoms with E-state index in [0.717, 1.165) is 53.4 Å². The zero-order valence-corrected chi connectivity index (χ0v) is 19.3. The van der Waals surface area contributed by atoms with Crippen molar-refractivity contribution >= 4 is 23.5 Å². The average molecular weight is 443 g/mol. The number of nitrogens with one attached hydrogen (secondary N) is 1. The van der Waals surface area contributed by atoms with Crippen LogP contribution in [0.4, 0.5) is 5.95 Å². The van der Waals surface area contributed by atoms with E-state index in [1.54, 1.807) is 11.8 Å². The van der Waals surface area contributed by atoms with E-state index in [2.05, 4.69) is 12.2 Å². The largest absolute Gasteiger partial charge is 0.490 e. The number of thioether (sulfide) groups is 1. The summed E-state index contributed by atoms with van der Waals surface area (Å²) in [6, 6.07) is 5.59. The third kappa shape index (κ3) is 4.44. The zero-order valence-electron chi connectivity index (χ0n) is 18.4. The van der Waals surface area contributed by atoms with Gasteiger partial charge in [0, 0.05) is 23.4 Å². The fraction of sp³-hybridized carbons (Fsp3) is 0.522. The minimum absolute atomic E-state index is 0.173. The van der Waals surface area contributed by atoms with E-state index in [-0.39, 0.29) is 11.8 Å². The molecule has 7 nitrogen and oxygen atoms in total. The van der Waals surface area contributed by atoms with E-state index in [0.29, 0.717) is 37.1 Å². The number of anilines is 1. The predicted molar refractivity (Wildman–Crippen MR) is 122 cm³/mol. The minimum atomic E-state index is -0.318. The Labute approximate surface area is 187 Å². The number of carbonyl (C=O) groups is 1. The van der Waals surface area contributed by atoms with Gasteiger partial charge in [0.2, 0.25) is 11.1 Å². The molecule has 8 heteroatoms. The van der Waals surface area contributed by atoms with Crippen molar-refractivity contribution in [3.8, 4) is 11.5 Å². The summed E-state index contributed by atoms with van der Waals surface area (Å²) in [5, 5.41) is 8.92. The maximum Gasteiger partial charge on any atom is 0.227 e. The Morgan fingerprint density at radius 2 is 1.97 bits per heavy atom. The van der Waals surface area contributed by atoms with Crippen LogP contribution in [0.25, 0.3) is 0 Å². The summed E-state index contributed by atoms with van der Waals surface area (Å²) >= 11 is 1.66. The highest BCUT2D eigenvalue weighted by molar-refractivity contribution is 7.99. The summed E-state index contributed by atoms with van der Waals surface area (Å²) in [6.07, 6.45) is 4.52. The lowest BCUT2D eigenvalue weighted by molar-refractivity contribution is -0.116. The number of unbranched alkanes of at least 4 members (excludes halogenated alkanes) is 1. The standard InChI is InChI=1S/C23H30N4O3S/c1-4-7-13-31-23-25-22-24-16-9-8-10-17(28)20(16)21(27(22)26-23)15-11-12-18(29-5-2)19(14-15)30-6-3/h11-12,14,21H,4-10,13H2,1-3H3,(H,24,25,26). The van der Waals surface area contributed by atoms with Gasteiger partial charge < -0.3 is 14.8 Å². The molecule has 0 spiro atoms. The maximum absolute atomic E-state index is 13.0. The highest BCUT2D eigenvalue weighted by Gasteiger charge is 2.37. The number of hydrogen-bond acceptors (Lipinski definition) is 7. The molecule has 1 aromatic heterocycles. The first kappa shape index (κ1) is 21.7. The number of fused-ring (bicyclic) bond motifs is 1. The number of aromatic nitrogens is 3. The number of Topliss-reactive ketones (excluding diaryl/α,β-unsaturated/α-hetero) is 1. The van der Waals surface area contributed by atoms with Gasteiger partial charge in [0.05, 0.1) is 13.2 Å². The molecule has 1 aliphatic carbocycles. The van der Waals surface area contributed by atoms with Gasteiger partial charge >= 0.3 is 0 Å². The van der Waals surface area contributed by atoms with Gasteiger partial charge in [-0.2, -0.15) is 4.98 Å². The zero-order chi connectivity index (χ0) is 21.8. The van der Waals surface area contributed by atoms with Crippen molar-refractivity contribution < 1.29 is 14.3 Å². The number of carbonyl (C=O) groups excluding carboxylic acids is 1. The number of ketones is 1. The Balaban J connectivity index is 1.77. The highest BCUT2D eigenvalue weighted by Crippen LogP contribution is 2.42. The fourth-order valence-corrected chi connectivity index (χ4v) is 4.96. The van der Waals surface area contributed by atoms with Gasteiger partial charge in [-0.15, -0.1) is 5.10 Å². The lowest BCUT2D eigenvalue weighted by atomic mass is 9.85. The number of allylic oxidation sites excluding steroid dienone is 2. The Morgan fingerprint density at radius 3 is 2.74 bits per heavy atom. The van der Waals surface area contributed by atoms with Gasteiger partial charge in [-0.3, -0.25) is 4.79 Å². The Morgan fingerprint density at radius 1 is 1.16 bits per heavy atom. The molecular weight excluding hydrogens is 412 g/mol. The Hall–Kier alpha value is -2.48. The number of rotatable bonds is 9. The molecular formula is C23H30N4O3S. The second kappa shape index (κ2) is 9.77. The van der Waals surface area contributed by atoms with Crippen LogP contribution in [0.5, 0.6) is 11.5 Å². The molecule has 1 aromatic carbocycles. The fourth-order valence-electron chi connectivity index (χ4n) is 4.05. The summed E-state index contributed by atoms with van der Waals surface area (Å²) in [5.41, 5.74) is 2.71. The van der Waals surface area contributed by atoms with Crippen molar-refractivity contribution in [2.24, 2.45) is 0 Å². The van der Waals surface area contributed by atoms with E-state index in [9.17, 15) is 4.79 Å². The van der Waals surface area contributed by atoms with Crippen molar-refractivity contribution in [3.05, 3.63) is 35.0 Å². The van der Waals surface area contributed by atoms with Crippen LogP contribution < -0.4 is 14.8 Å². The molecule has 0 radical (unpaired) electrons. The number of benzene rings is 1. The molecule has 2 heterocycles. The molecule has 1 aliphatic heterocycles. The summed E-state index contributed by atoms with van der Waals surface area (Å²) in [4.78, 5) is 17.7. The van der Waals surface area contributed by atoms with E-state index < -0.39 is 0 Å². The monoisotopic (exact) mass is 442 g/mol. The molecule has 4 rings (SSSR count). The van der Waals surface area contributed by atoms with Crippen LogP contribution in [0.1, 0.15) is 64.5 Å². The van der Waals surface area contributed by atoms with Crippen LogP contribution in [0.15, 0.2) is 34.6 Å². The van der Waals surface area contributed by atoms with E-state index in [1.807, 2.05) is 36.7 Å². The molecule has 1 N–H and O–H groups in total. The van der Waals surface area contributed by atoms with Crippen molar-refractivity contribution in [2.45, 2.75) is 64.1 Å². The highest BCUT2D eigenvalue weighted by atomic mass is 32.2. The third-order valence-electron chi connectivity index (χ3n) is 5.46. The first-order valence-corrected chi connectivity index (χ1v) is 12.2. The number of ether oxygens (including phenoxy) is 2. The molecule has 1 unspecified atom stereocenters. The van der Waals surface area contributed by atoms with Crippen LogP contribution in [0.3, 0.4) is 0 Å². The van der Waals surface area contributed by atoms with Crippen LogP contribution in [-0.2, 0) is 4.79 Å². The molecule has 0 bridgehead atoms. The normalized spacial score (nSPS) is 17.8. The third-order valence-corrected chi connectivity index (χ3v) is 6.38. The van der Waals surface area contributed by atoms with Gasteiger partial charge in [0.1, 0.15) is 6.04 Å². The second-order valence-corrected chi connectivity index (χ2v) is 8.70. The predicted octanol–water partition coefficient (Wildman–Crippen LogP) is 4.99. The smallest absolute Gasteiger partial charge is 0.227 e. The second-order valence-electron chi connectivity index (χ2n) is 7.63. The van der Waals surface area contributed by atoms with Crippen molar-refractivity contribution in [3.63, 3.8) is 0 Å². The number of hydrogen-bond donors (Lipinski definition) is 1. The Kier molecular flexibility index (Phi) is 6.85. The quantitative estimate of drug-likeness (QED) is 0.433. The van der Waals surface area contributed by atoms with E-state index >= 15 is 0 Å². The SMILES string of the molecule is CCCCSc1nc2n(n1)C(c1ccc(OCC)c(OCC)c1)C1=C(CCCC1=O)N2. The number of nitrogens with zero attached hydrogens (tertiary/aromatic N) is 3. The minimum Gasteiger partial charge on any atom is -0.490 e. The van der Waals surface area contributed by atoms with Gasteiger partial charge in [0.15, 0.2) is 17.3 Å². The summed E-state index contributed by atoms with van der Waals surface area (Å²) in [6.45, 7) is 7.18. The molecule has 1 atom stereocenters. The molecule has 2 aromatic rings. The Bertz CT molecular complexity index is 985. The summed E-state index contributed by atoms with van der Waals surface area (Å²) in [7, 11) is 0. The van der Waals surface area contributed by atoms with Crippen LogP contribution in [-0.4, -0.2) is 39.5 Å². The first-order chi connectivity index (χ1) is 15.2. The van der Waals surface area contributed by atoms with Crippen LogP contribution in [0.2, 0.25) is 0 Å². The molecule has 0 amide bonds. The molecule has 2 aliphatic rings. The van der Waals surface area contributed by atoms with Crippen molar-refractivity contribution in [1.82, 2.24) is 14.8 Å². The first-order valence-electron chi connectivity index (χ1n) is 11.2. The molecule has 0 fully saturated rings. The van der Waals surface area contributed by atoms with Gasteiger partial charge in [-0.05, 0) is 50.8 Å². The summed E-state index contributed by atoms with van der Waals surface area (Å²) in [5.74, 6) is 3.25. The molecule has 31 heavy (non-hydrogen) atoms. The van der Waals surface area contributed by atoms with E-state index in [4.69, 9.17) is 19.6 Å². The lowest BCUT2D eigenvalue weighted by Crippen LogP contribution is -2.31. The van der Waals surface area contributed by atoms with Gasteiger partial charge in [-0.1, -0.05) is 31.2 Å². The average Bonchev–Trinajstić information content (AvgIpc) is 3.16. The van der Waals surface area contributed by atoms with Gasteiger partial charge in [0.25, 0.3) is 0 Å². The van der Waals surface area contributed by atoms with Crippen LogP contribution in [0, 0.1) is 0 Å².